The first-order valence-electron chi connectivity index (χ1n) is 6.37. The lowest BCUT2D eigenvalue weighted by Gasteiger charge is -2.20. The van der Waals surface area contributed by atoms with E-state index in [0.717, 1.165) is 20.9 Å². The van der Waals surface area contributed by atoms with E-state index in [1.165, 1.54) is 39.2 Å². The average molecular weight is 285 g/mol. The van der Waals surface area contributed by atoms with E-state index in [-0.39, 0.29) is 5.97 Å². The predicted octanol–water partition coefficient (Wildman–Crippen LogP) is 3.80. The quantitative estimate of drug-likeness (QED) is 0.789. The maximum absolute atomic E-state index is 11.5. The zero-order valence-corrected chi connectivity index (χ0v) is 12.5. The first-order chi connectivity index (χ1) is 8.70. The van der Waals surface area contributed by atoms with E-state index < -0.39 is 0 Å². The van der Waals surface area contributed by atoms with Crippen LogP contribution < -0.4 is 0 Å². The minimum Gasteiger partial charge on any atom is -0.464 e. The van der Waals surface area contributed by atoms with E-state index in [1.807, 2.05) is 18.7 Å². The molecule has 1 aromatic heterocycles. The first-order valence-corrected chi connectivity index (χ1v) is 8.23. The Morgan fingerprint density at radius 2 is 2.17 bits per heavy atom. The number of nitrogens with zero attached hydrogens (tertiary/aromatic N) is 1. The molecule has 0 aromatic carbocycles. The molecule has 1 fully saturated rings. The number of thiazole rings is 1. The molecule has 1 aliphatic carbocycles. The Kier molecular flexibility index (Phi) is 5.06. The van der Waals surface area contributed by atoms with Crippen LogP contribution in [0, 0.1) is 6.92 Å². The van der Waals surface area contributed by atoms with Crippen LogP contribution in [0.5, 0.6) is 0 Å². The fraction of sp³-hybridized carbons (Fsp3) is 0.692. The van der Waals surface area contributed by atoms with E-state index in [1.54, 1.807) is 11.3 Å². The number of esters is 1. The van der Waals surface area contributed by atoms with Gasteiger partial charge in [-0.1, -0.05) is 19.3 Å². The predicted molar refractivity (Wildman–Crippen MR) is 76.4 cm³/mol. The van der Waals surface area contributed by atoms with Crippen LogP contribution in [0.2, 0.25) is 0 Å². The highest BCUT2D eigenvalue weighted by Gasteiger charge is 2.18. The summed E-state index contributed by atoms with van der Waals surface area (Å²) in [5.74, 6) is 0.602. The van der Waals surface area contributed by atoms with E-state index in [2.05, 4.69) is 4.98 Å². The molecule has 0 amide bonds. The molecule has 0 aliphatic heterocycles. The molecule has 1 aliphatic rings. The van der Waals surface area contributed by atoms with Crippen molar-refractivity contribution < 1.29 is 9.53 Å². The molecule has 3 nitrogen and oxygen atoms in total. The molecule has 0 atom stereocenters. The summed E-state index contributed by atoms with van der Waals surface area (Å²) in [5.41, 5.74) is 0.488. The van der Waals surface area contributed by atoms with Crippen LogP contribution in [0.25, 0.3) is 0 Å². The Hall–Kier alpha value is -0.550. The van der Waals surface area contributed by atoms with Gasteiger partial charge in [0, 0.05) is 15.9 Å². The van der Waals surface area contributed by atoms with Gasteiger partial charge in [-0.2, -0.15) is 11.8 Å². The second kappa shape index (κ2) is 6.57. The number of hydrogen-bond acceptors (Lipinski definition) is 5. The molecule has 0 N–H and O–H groups in total. The van der Waals surface area contributed by atoms with Crippen molar-refractivity contribution in [2.75, 3.05) is 7.11 Å². The molecular weight excluding hydrogens is 266 g/mol. The van der Waals surface area contributed by atoms with Gasteiger partial charge in [-0.3, -0.25) is 0 Å². The molecule has 0 unspecified atom stereocenters. The topological polar surface area (TPSA) is 39.2 Å². The summed E-state index contributed by atoms with van der Waals surface area (Å²) in [6, 6.07) is 0. The largest absolute Gasteiger partial charge is 0.464 e. The fourth-order valence-corrected chi connectivity index (χ4v) is 4.49. The van der Waals surface area contributed by atoms with Crippen molar-refractivity contribution in [3.63, 3.8) is 0 Å². The van der Waals surface area contributed by atoms with Crippen LogP contribution in [0.1, 0.15) is 52.5 Å². The summed E-state index contributed by atoms with van der Waals surface area (Å²) in [7, 11) is 1.40. The van der Waals surface area contributed by atoms with E-state index >= 15 is 0 Å². The number of hydrogen-bond donors (Lipinski definition) is 0. The Morgan fingerprint density at radius 1 is 1.44 bits per heavy atom. The minimum atomic E-state index is -0.322. The Balaban J connectivity index is 1.91. The molecule has 0 spiro atoms. The van der Waals surface area contributed by atoms with Gasteiger partial charge in [0.2, 0.25) is 0 Å². The molecule has 0 radical (unpaired) electrons. The summed E-state index contributed by atoms with van der Waals surface area (Å²) >= 11 is 3.60. The van der Waals surface area contributed by atoms with Crippen molar-refractivity contribution >= 4 is 29.1 Å². The van der Waals surface area contributed by atoms with Crippen molar-refractivity contribution in [2.45, 2.75) is 50.0 Å². The van der Waals surface area contributed by atoms with Crippen LogP contribution in [-0.2, 0) is 10.5 Å². The maximum atomic E-state index is 11.5. The van der Waals surface area contributed by atoms with Crippen molar-refractivity contribution in [3.05, 3.63) is 15.6 Å². The van der Waals surface area contributed by atoms with Crippen LogP contribution in [0.4, 0.5) is 0 Å². The summed E-state index contributed by atoms with van der Waals surface area (Å²) in [6.07, 6.45) is 6.78. The summed E-state index contributed by atoms with van der Waals surface area (Å²) < 4.78 is 4.72. The van der Waals surface area contributed by atoms with Gasteiger partial charge in [-0.15, -0.1) is 11.3 Å². The van der Waals surface area contributed by atoms with Crippen LogP contribution >= 0.6 is 23.1 Å². The molecule has 2 rings (SSSR count). The monoisotopic (exact) mass is 285 g/mol. The minimum absolute atomic E-state index is 0.322. The summed E-state index contributed by atoms with van der Waals surface area (Å²) in [5, 5.41) is 1.83. The van der Waals surface area contributed by atoms with Gasteiger partial charge in [0.1, 0.15) is 5.01 Å². The highest BCUT2D eigenvalue weighted by Crippen LogP contribution is 2.32. The van der Waals surface area contributed by atoms with E-state index in [0.29, 0.717) is 5.69 Å². The molecule has 100 valence electrons. The SMILES string of the molecule is COC(=O)c1nc(CSC2CCCCC2)sc1C. The zero-order chi connectivity index (χ0) is 13.0. The smallest absolute Gasteiger partial charge is 0.357 e. The highest BCUT2D eigenvalue weighted by molar-refractivity contribution is 7.99. The lowest BCUT2D eigenvalue weighted by atomic mass is 10.0. The van der Waals surface area contributed by atoms with Crippen molar-refractivity contribution in [1.29, 1.82) is 0 Å². The lowest BCUT2D eigenvalue weighted by Crippen LogP contribution is -2.08. The van der Waals surface area contributed by atoms with Crippen LogP contribution in [0.15, 0.2) is 0 Å². The third-order valence-electron chi connectivity index (χ3n) is 3.21. The van der Waals surface area contributed by atoms with Gasteiger partial charge in [-0.05, 0) is 19.8 Å². The molecule has 1 heterocycles. The first kappa shape index (κ1) is 13.9. The second-order valence-electron chi connectivity index (χ2n) is 4.58. The van der Waals surface area contributed by atoms with Gasteiger partial charge in [0.05, 0.1) is 7.11 Å². The van der Waals surface area contributed by atoms with E-state index in [9.17, 15) is 4.79 Å². The third kappa shape index (κ3) is 3.48. The van der Waals surface area contributed by atoms with Crippen molar-refractivity contribution in [3.8, 4) is 0 Å². The Morgan fingerprint density at radius 3 is 2.83 bits per heavy atom. The van der Waals surface area contributed by atoms with Crippen LogP contribution in [-0.4, -0.2) is 23.3 Å². The molecule has 1 aromatic rings. The van der Waals surface area contributed by atoms with Crippen molar-refractivity contribution in [2.24, 2.45) is 0 Å². The van der Waals surface area contributed by atoms with Gasteiger partial charge in [0.25, 0.3) is 0 Å². The molecule has 0 saturated heterocycles. The summed E-state index contributed by atoms with van der Waals surface area (Å²) in [6.45, 7) is 1.93. The molecule has 0 bridgehead atoms. The second-order valence-corrected chi connectivity index (χ2v) is 7.15. The van der Waals surface area contributed by atoms with Gasteiger partial charge < -0.3 is 4.74 Å². The van der Waals surface area contributed by atoms with Crippen molar-refractivity contribution in [1.82, 2.24) is 4.98 Å². The maximum Gasteiger partial charge on any atom is 0.357 e. The third-order valence-corrected chi connectivity index (χ3v) is 5.75. The van der Waals surface area contributed by atoms with Crippen LogP contribution in [0.3, 0.4) is 0 Å². The van der Waals surface area contributed by atoms with Gasteiger partial charge >= 0.3 is 5.97 Å². The number of thioether (sulfide) groups is 1. The standard InChI is InChI=1S/C13H19NO2S2/c1-9-12(13(15)16-2)14-11(18-9)8-17-10-6-4-3-5-7-10/h10H,3-8H2,1-2H3. The number of rotatable bonds is 4. The summed E-state index contributed by atoms with van der Waals surface area (Å²) in [4.78, 5) is 16.8. The van der Waals surface area contributed by atoms with Gasteiger partial charge in [0.15, 0.2) is 5.69 Å². The highest BCUT2D eigenvalue weighted by atomic mass is 32.2. The molecule has 1 saturated carbocycles. The van der Waals surface area contributed by atoms with E-state index in [4.69, 9.17) is 4.74 Å². The Labute approximate surface area is 116 Å². The molecule has 5 heteroatoms. The fourth-order valence-electron chi connectivity index (χ4n) is 2.22. The number of methoxy groups -OCH3 is 1. The number of aromatic nitrogens is 1. The lowest BCUT2D eigenvalue weighted by molar-refractivity contribution is 0.0594. The number of carbonyl (C=O) groups is 1. The molecule has 18 heavy (non-hydrogen) atoms. The number of carbonyl (C=O) groups excluding carboxylic acids is 1. The normalized spacial score (nSPS) is 16.8. The van der Waals surface area contributed by atoms with Gasteiger partial charge in [-0.25, -0.2) is 9.78 Å². The Bertz CT molecular complexity index is 411. The average Bonchev–Trinajstić information content (AvgIpc) is 2.78. The number of ether oxygens (including phenoxy) is 1. The zero-order valence-electron chi connectivity index (χ0n) is 10.9. The number of aryl methyl sites for hydroxylation is 1. The molecular formula is C13H19NO2S2.